The Morgan fingerprint density at radius 2 is 1.88 bits per heavy atom. The summed E-state index contributed by atoms with van der Waals surface area (Å²) >= 11 is 1.26. The van der Waals surface area contributed by atoms with Crippen LogP contribution in [0.5, 0.6) is 0 Å². The van der Waals surface area contributed by atoms with Crippen molar-refractivity contribution in [1.29, 1.82) is 0 Å². The average Bonchev–Trinajstić information content (AvgIpc) is 2.64. The Kier molecular flexibility index (Phi) is 5.61. The number of nitrogens with one attached hydrogen (secondary N) is 1. The molecule has 0 spiro atoms. The molecule has 2 aromatic rings. The quantitative estimate of drug-likeness (QED) is 0.640. The minimum atomic E-state index is -1.20. The third-order valence-corrected chi connectivity index (χ3v) is 5.28. The van der Waals surface area contributed by atoms with Gasteiger partial charge in [-0.25, -0.2) is 0 Å². The molecule has 0 aromatic heterocycles. The SMILES string of the molecule is CS[C@@H]1OC(CO)[C@H](O)C(NC(=O)c2ccc3ccccc3c2)[C@H]1O. The molecule has 0 radical (unpaired) electrons. The highest BCUT2D eigenvalue weighted by molar-refractivity contribution is 7.99. The van der Waals surface area contributed by atoms with E-state index in [1.54, 1.807) is 18.4 Å². The van der Waals surface area contributed by atoms with Gasteiger partial charge in [0.1, 0.15) is 23.7 Å². The third-order valence-electron chi connectivity index (χ3n) is 4.43. The Morgan fingerprint density at radius 1 is 1.16 bits per heavy atom. The molecule has 7 heteroatoms. The molecule has 134 valence electrons. The molecule has 5 atom stereocenters. The van der Waals surface area contributed by atoms with E-state index in [0.717, 1.165) is 10.8 Å². The van der Waals surface area contributed by atoms with Crippen LogP contribution in [0.2, 0.25) is 0 Å². The van der Waals surface area contributed by atoms with Crippen LogP contribution in [0.3, 0.4) is 0 Å². The number of rotatable bonds is 4. The highest BCUT2D eigenvalue weighted by atomic mass is 32.2. The van der Waals surface area contributed by atoms with Crippen molar-refractivity contribution < 1.29 is 24.9 Å². The van der Waals surface area contributed by atoms with E-state index in [-0.39, 0.29) is 0 Å². The van der Waals surface area contributed by atoms with E-state index in [2.05, 4.69) is 5.32 Å². The van der Waals surface area contributed by atoms with E-state index in [4.69, 9.17) is 4.74 Å². The van der Waals surface area contributed by atoms with Gasteiger partial charge in [0.05, 0.1) is 12.6 Å². The monoisotopic (exact) mass is 363 g/mol. The maximum absolute atomic E-state index is 12.6. The molecule has 2 aromatic carbocycles. The molecule has 0 saturated carbocycles. The van der Waals surface area contributed by atoms with Crippen LogP contribution in [-0.4, -0.2) is 63.9 Å². The summed E-state index contributed by atoms with van der Waals surface area (Å²) in [5, 5.41) is 34.7. The van der Waals surface area contributed by atoms with Gasteiger partial charge in [-0.3, -0.25) is 4.79 Å². The lowest BCUT2D eigenvalue weighted by molar-refractivity contribution is -0.164. The zero-order valence-electron chi connectivity index (χ0n) is 13.7. The number of carbonyl (C=O) groups excluding carboxylic acids is 1. The van der Waals surface area contributed by atoms with Crippen LogP contribution in [0.25, 0.3) is 10.8 Å². The highest BCUT2D eigenvalue weighted by Crippen LogP contribution is 2.27. The Hall–Kier alpha value is -1.64. The van der Waals surface area contributed by atoms with Gasteiger partial charge in [-0.2, -0.15) is 0 Å². The first kappa shape index (κ1) is 18.2. The van der Waals surface area contributed by atoms with E-state index in [9.17, 15) is 20.1 Å². The van der Waals surface area contributed by atoms with Crippen LogP contribution in [0, 0.1) is 0 Å². The minimum absolute atomic E-state index is 0.396. The lowest BCUT2D eigenvalue weighted by Gasteiger charge is -2.42. The van der Waals surface area contributed by atoms with E-state index >= 15 is 0 Å². The number of hydrogen-bond acceptors (Lipinski definition) is 6. The summed E-state index contributed by atoms with van der Waals surface area (Å²) < 4.78 is 5.45. The van der Waals surface area contributed by atoms with Crippen LogP contribution in [-0.2, 0) is 4.74 Å². The first-order chi connectivity index (χ1) is 12.0. The summed E-state index contributed by atoms with van der Waals surface area (Å²) in [6.07, 6.45) is -1.39. The molecule has 1 aliphatic rings. The number of amides is 1. The van der Waals surface area contributed by atoms with Gasteiger partial charge in [0.15, 0.2) is 0 Å². The fraction of sp³-hybridized carbons (Fsp3) is 0.389. The molecular formula is C18H21NO5S. The van der Waals surface area contributed by atoms with Crippen LogP contribution in [0.1, 0.15) is 10.4 Å². The fourth-order valence-electron chi connectivity index (χ4n) is 3.02. The second kappa shape index (κ2) is 7.72. The number of benzene rings is 2. The van der Waals surface area contributed by atoms with Gasteiger partial charge in [-0.1, -0.05) is 30.3 Å². The first-order valence-electron chi connectivity index (χ1n) is 8.00. The van der Waals surface area contributed by atoms with Crippen molar-refractivity contribution in [1.82, 2.24) is 5.32 Å². The van der Waals surface area contributed by atoms with Crippen molar-refractivity contribution in [2.45, 2.75) is 29.8 Å². The van der Waals surface area contributed by atoms with Gasteiger partial charge < -0.3 is 25.4 Å². The van der Waals surface area contributed by atoms with Crippen LogP contribution in [0.4, 0.5) is 0 Å². The van der Waals surface area contributed by atoms with Gasteiger partial charge >= 0.3 is 0 Å². The van der Waals surface area contributed by atoms with E-state index in [1.165, 1.54) is 11.8 Å². The number of hydrogen-bond donors (Lipinski definition) is 4. The van der Waals surface area contributed by atoms with Gasteiger partial charge in [-0.15, -0.1) is 11.8 Å². The lowest BCUT2D eigenvalue weighted by Crippen LogP contribution is -2.63. The van der Waals surface area contributed by atoms with Crippen LogP contribution >= 0.6 is 11.8 Å². The largest absolute Gasteiger partial charge is 0.394 e. The van der Waals surface area contributed by atoms with E-state index in [1.807, 2.05) is 30.3 Å². The van der Waals surface area contributed by atoms with E-state index in [0.29, 0.717) is 5.56 Å². The molecule has 1 amide bonds. The number of aliphatic hydroxyl groups excluding tert-OH is 3. The predicted molar refractivity (Wildman–Crippen MR) is 96.5 cm³/mol. The zero-order chi connectivity index (χ0) is 18.0. The number of ether oxygens (including phenoxy) is 1. The number of carbonyl (C=O) groups is 1. The second-order valence-electron chi connectivity index (χ2n) is 6.00. The van der Waals surface area contributed by atoms with Crippen molar-refractivity contribution in [3.05, 3.63) is 48.0 Å². The molecule has 1 fully saturated rings. The third kappa shape index (κ3) is 3.65. The average molecular weight is 363 g/mol. The van der Waals surface area contributed by atoms with Crippen molar-refractivity contribution in [2.24, 2.45) is 0 Å². The van der Waals surface area contributed by atoms with Gasteiger partial charge in [-0.05, 0) is 29.2 Å². The van der Waals surface area contributed by atoms with Crippen molar-refractivity contribution in [3.8, 4) is 0 Å². The molecule has 3 rings (SSSR count). The first-order valence-corrected chi connectivity index (χ1v) is 9.29. The van der Waals surface area contributed by atoms with Crippen molar-refractivity contribution in [2.75, 3.05) is 12.9 Å². The van der Waals surface area contributed by atoms with Crippen molar-refractivity contribution >= 4 is 28.4 Å². The maximum atomic E-state index is 12.6. The Balaban J connectivity index is 1.81. The number of fused-ring (bicyclic) bond motifs is 1. The molecule has 0 aliphatic carbocycles. The number of aliphatic hydroxyl groups is 3. The standard InChI is InChI=1S/C18H21NO5S/c1-25-18-16(22)14(15(21)13(9-20)24-18)19-17(23)12-7-6-10-4-2-3-5-11(10)8-12/h2-8,13-16,18,20-22H,9H2,1H3,(H,19,23)/t13?,14?,15-,16+,18-/m0/s1. The summed E-state index contributed by atoms with van der Waals surface area (Å²) in [4.78, 5) is 12.6. The Labute approximate surface area is 149 Å². The zero-order valence-corrected chi connectivity index (χ0v) is 14.5. The molecule has 6 nitrogen and oxygen atoms in total. The normalized spacial score (nSPS) is 29.5. The molecule has 1 aliphatic heterocycles. The maximum Gasteiger partial charge on any atom is 0.251 e. The molecule has 2 unspecified atom stereocenters. The highest BCUT2D eigenvalue weighted by Gasteiger charge is 2.44. The predicted octanol–water partition coefficient (Wildman–Crippen LogP) is 0.740. The van der Waals surface area contributed by atoms with Crippen LogP contribution in [0.15, 0.2) is 42.5 Å². The van der Waals surface area contributed by atoms with Crippen molar-refractivity contribution in [3.63, 3.8) is 0 Å². The minimum Gasteiger partial charge on any atom is -0.394 e. The molecule has 4 N–H and O–H groups in total. The summed E-state index contributed by atoms with van der Waals surface area (Å²) in [7, 11) is 0. The molecular weight excluding hydrogens is 342 g/mol. The summed E-state index contributed by atoms with van der Waals surface area (Å²) in [6, 6.07) is 12.1. The molecule has 1 heterocycles. The summed E-state index contributed by atoms with van der Waals surface area (Å²) in [5.41, 5.74) is -0.201. The topological polar surface area (TPSA) is 99.0 Å². The van der Waals surface area contributed by atoms with Gasteiger partial charge in [0, 0.05) is 5.56 Å². The van der Waals surface area contributed by atoms with Gasteiger partial charge in [0.2, 0.25) is 0 Å². The molecule has 0 bridgehead atoms. The molecule has 1 saturated heterocycles. The van der Waals surface area contributed by atoms with Gasteiger partial charge in [0.25, 0.3) is 5.91 Å². The lowest BCUT2D eigenvalue weighted by atomic mass is 9.96. The number of thioether (sulfide) groups is 1. The Bertz CT molecular complexity index is 739. The Morgan fingerprint density at radius 3 is 2.56 bits per heavy atom. The summed E-state index contributed by atoms with van der Waals surface area (Å²) in [5.74, 6) is -0.396. The smallest absolute Gasteiger partial charge is 0.251 e. The fourth-order valence-corrected chi connectivity index (χ4v) is 3.72. The second-order valence-corrected chi connectivity index (χ2v) is 6.94. The van der Waals surface area contributed by atoms with E-state index < -0.39 is 42.3 Å². The summed E-state index contributed by atoms with van der Waals surface area (Å²) in [6.45, 7) is -0.396. The molecule has 25 heavy (non-hydrogen) atoms. The van der Waals surface area contributed by atoms with Crippen LogP contribution < -0.4 is 5.32 Å².